The molecule has 2 aromatic rings. The summed E-state index contributed by atoms with van der Waals surface area (Å²) in [6.07, 6.45) is 0. The van der Waals surface area contributed by atoms with Gasteiger partial charge in [-0.2, -0.15) is 4.31 Å². The predicted molar refractivity (Wildman–Crippen MR) is 114 cm³/mol. The van der Waals surface area contributed by atoms with Crippen molar-refractivity contribution in [3.63, 3.8) is 0 Å². The topological polar surface area (TPSA) is 81.7 Å². The fraction of sp³-hybridized carbons (Fsp3) is 0.316. The monoisotopic (exact) mass is 407 g/mol. The molecule has 2 rings (SSSR count). The first-order valence-corrected chi connectivity index (χ1v) is 10.5. The minimum absolute atomic E-state index is 0.0914. The fourth-order valence-electron chi connectivity index (χ4n) is 2.63. The van der Waals surface area contributed by atoms with Crippen molar-refractivity contribution < 1.29 is 13.5 Å². The van der Waals surface area contributed by atoms with E-state index in [2.05, 4.69) is 10.6 Å². The number of hydrogen-bond donors (Lipinski definition) is 3. The van der Waals surface area contributed by atoms with Gasteiger partial charge in [0.25, 0.3) is 0 Å². The molecule has 0 aliphatic heterocycles. The van der Waals surface area contributed by atoms with Crippen LogP contribution in [0.1, 0.15) is 25.0 Å². The second kappa shape index (κ2) is 8.69. The van der Waals surface area contributed by atoms with E-state index in [1.54, 1.807) is 30.3 Å². The van der Waals surface area contributed by atoms with Crippen LogP contribution in [0, 0.1) is 13.8 Å². The Labute approximate surface area is 166 Å². The smallest absolute Gasteiger partial charge is 0.243 e. The van der Waals surface area contributed by atoms with Crippen LogP contribution in [-0.4, -0.2) is 36.0 Å². The fourth-order valence-corrected chi connectivity index (χ4v) is 4.34. The lowest BCUT2D eigenvalue weighted by molar-refractivity contribution is 0.445. The Balaban J connectivity index is 2.25. The van der Waals surface area contributed by atoms with Crippen molar-refractivity contribution in [3.05, 3.63) is 47.5 Å². The molecule has 0 aliphatic carbocycles. The van der Waals surface area contributed by atoms with Gasteiger partial charge in [-0.05, 0) is 61.5 Å². The molecular weight excluding hydrogens is 382 g/mol. The van der Waals surface area contributed by atoms with Gasteiger partial charge in [0.2, 0.25) is 10.0 Å². The molecule has 0 unspecified atom stereocenters. The third-order valence-corrected chi connectivity index (χ3v) is 6.45. The molecular formula is C19H25N3O3S2. The predicted octanol–water partition coefficient (Wildman–Crippen LogP) is 3.85. The quantitative estimate of drug-likeness (QED) is 0.498. The molecule has 6 nitrogen and oxygen atoms in total. The Bertz CT molecular complexity index is 939. The van der Waals surface area contributed by atoms with Crippen molar-refractivity contribution in [3.8, 4) is 5.75 Å². The minimum atomic E-state index is -3.56. The number of hydrogen-bond acceptors (Lipinski definition) is 4. The molecule has 2 aromatic carbocycles. The third-order valence-electron chi connectivity index (χ3n) is 4.20. The largest absolute Gasteiger partial charge is 0.506 e. The second-order valence-corrected chi connectivity index (χ2v) is 8.51. The highest BCUT2D eigenvalue weighted by molar-refractivity contribution is 7.89. The standard InChI is InChI=1S/C19H25N3O3S2/c1-5-22(6-2)27(24,25)15-9-8-14(4)17(12-15)21-19(26)20-16-10-7-13(3)11-18(16)23/h7-12,23H,5-6H2,1-4H3,(H2,20,21,26). The zero-order valence-electron chi connectivity index (χ0n) is 15.9. The Morgan fingerprint density at radius 1 is 1.04 bits per heavy atom. The average Bonchev–Trinajstić information content (AvgIpc) is 2.60. The first kappa shape index (κ1) is 21.1. The van der Waals surface area contributed by atoms with Gasteiger partial charge in [0.05, 0.1) is 10.6 Å². The van der Waals surface area contributed by atoms with Crippen molar-refractivity contribution in [2.75, 3.05) is 23.7 Å². The van der Waals surface area contributed by atoms with Gasteiger partial charge in [0.1, 0.15) is 5.75 Å². The maximum Gasteiger partial charge on any atom is 0.243 e. The van der Waals surface area contributed by atoms with Crippen molar-refractivity contribution in [2.45, 2.75) is 32.6 Å². The van der Waals surface area contributed by atoms with Gasteiger partial charge < -0.3 is 15.7 Å². The number of thiocarbonyl (C=S) groups is 1. The average molecular weight is 408 g/mol. The van der Waals surface area contributed by atoms with E-state index in [0.29, 0.717) is 24.5 Å². The van der Waals surface area contributed by atoms with E-state index in [4.69, 9.17) is 12.2 Å². The lowest BCUT2D eigenvalue weighted by Gasteiger charge is -2.20. The van der Waals surface area contributed by atoms with Gasteiger partial charge in [-0.15, -0.1) is 0 Å². The van der Waals surface area contributed by atoms with Crippen molar-refractivity contribution in [1.29, 1.82) is 0 Å². The van der Waals surface area contributed by atoms with Crippen LogP contribution < -0.4 is 10.6 Å². The molecule has 0 spiro atoms. The van der Waals surface area contributed by atoms with E-state index in [1.807, 2.05) is 33.8 Å². The van der Waals surface area contributed by atoms with Gasteiger partial charge in [0, 0.05) is 18.8 Å². The normalized spacial score (nSPS) is 11.4. The van der Waals surface area contributed by atoms with E-state index in [-0.39, 0.29) is 15.8 Å². The summed E-state index contributed by atoms with van der Waals surface area (Å²) in [5, 5.41) is 16.2. The summed E-state index contributed by atoms with van der Waals surface area (Å²) < 4.78 is 26.9. The lowest BCUT2D eigenvalue weighted by atomic mass is 10.2. The van der Waals surface area contributed by atoms with Crippen LogP contribution in [0.5, 0.6) is 5.75 Å². The molecule has 0 fully saturated rings. The van der Waals surface area contributed by atoms with Crippen LogP contribution in [0.3, 0.4) is 0 Å². The summed E-state index contributed by atoms with van der Waals surface area (Å²) in [6, 6.07) is 10.1. The number of nitrogens with one attached hydrogen (secondary N) is 2. The molecule has 0 bridgehead atoms. The molecule has 0 heterocycles. The number of phenolic OH excluding ortho intramolecular Hbond substituents is 1. The van der Waals surface area contributed by atoms with Gasteiger partial charge >= 0.3 is 0 Å². The minimum Gasteiger partial charge on any atom is -0.506 e. The van der Waals surface area contributed by atoms with E-state index >= 15 is 0 Å². The Morgan fingerprint density at radius 3 is 2.26 bits per heavy atom. The Morgan fingerprint density at radius 2 is 1.67 bits per heavy atom. The first-order chi connectivity index (χ1) is 12.7. The molecule has 8 heteroatoms. The molecule has 27 heavy (non-hydrogen) atoms. The lowest BCUT2D eigenvalue weighted by Crippen LogP contribution is -2.30. The second-order valence-electron chi connectivity index (χ2n) is 6.17. The van der Waals surface area contributed by atoms with Crippen LogP contribution in [0.4, 0.5) is 11.4 Å². The van der Waals surface area contributed by atoms with Crippen LogP contribution in [0.15, 0.2) is 41.3 Å². The highest BCUT2D eigenvalue weighted by Gasteiger charge is 2.22. The number of nitrogens with zero attached hydrogens (tertiary/aromatic N) is 1. The molecule has 0 amide bonds. The van der Waals surface area contributed by atoms with E-state index in [9.17, 15) is 13.5 Å². The number of sulfonamides is 1. The number of benzene rings is 2. The summed E-state index contributed by atoms with van der Waals surface area (Å²) in [5.41, 5.74) is 2.85. The molecule has 3 N–H and O–H groups in total. The zero-order chi connectivity index (χ0) is 20.2. The van der Waals surface area contributed by atoms with Crippen molar-refractivity contribution in [2.24, 2.45) is 0 Å². The molecule has 0 radical (unpaired) electrons. The van der Waals surface area contributed by atoms with Gasteiger partial charge in [-0.25, -0.2) is 8.42 Å². The maximum absolute atomic E-state index is 12.7. The highest BCUT2D eigenvalue weighted by Crippen LogP contribution is 2.26. The van der Waals surface area contributed by atoms with Crippen LogP contribution in [-0.2, 0) is 10.0 Å². The zero-order valence-corrected chi connectivity index (χ0v) is 17.5. The first-order valence-electron chi connectivity index (χ1n) is 8.67. The van der Waals surface area contributed by atoms with Crippen molar-refractivity contribution >= 4 is 38.7 Å². The summed E-state index contributed by atoms with van der Waals surface area (Å²) >= 11 is 5.31. The van der Waals surface area contributed by atoms with E-state index in [0.717, 1.165) is 11.1 Å². The van der Waals surface area contributed by atoms with Crippen LogP contribution in [0.25, 0.3) is 0 Å². The molecule has 0 aromatic heterocycles. The highest BCUT2D eigenvalue weighted by atomic mass is 32.2. The summed E-state index contributed by atoms with van der Waals surface area (Å²) in [4.78, 5) is 0.209. The third kappa shape index (κ3) is 4.97. The molecule has 0 saturated heterocycles. The molecule has 0 atom stereocenters. The summed E-state index contributed by atoms with van der Waals surface area (Å²) in [7, 11) is -3.56. The molecule has 146 valence electrons. The summed E-state index contributed by atoms with van der Waals surface area (Å²) in [5.74, 6) is 0.0914. The Kier molecular flexibility index (Phi) is 6.80. The van der Waals surface area contributed by atoms with Gasteiger partial charge in [-0.3, -0.25) is 0 Å². The number of rotatable bonds is 6. The van der Waals surface area contributed by atoms with E-state index in [1.165, 1.54) is 4.31 Å². The SMILES string of the molecule is CCN(CC)S(=O)(=O)c1ccc(C)c(NC(=S)Nc2ccc(C)cc2O)c1. The van der Waals surface area contributed by atoms with Gasteiger partial charge in [-0.1, -0.05) is 26.0 Å². The number of anilines is 2. The molecule has 0 aliphatic rings. The number of aryl methyl sites for hydroxylation is 2. The summed E-state index contributed by atoms with van der Waals surface area (Å²) in [6.45, 7) is 8.17. The van der Waals surface area contributed by atoms with Crippen molar-refractivity contribution in [1.82, 2.24) is 4.31 Å². The van der Waals surface area contributed by atoms with Gasteiger partial charge in [0.15, 0.2) is 5.11 Å². The van der Waals surface area contributed by atoms with E-state index < -0.39 is 10.0 Å². The number of aromatic hydroxyl groups is 1. The Hall–Kier alpha value is -2.16. The number of phenols is 1. The molecule has 0 saturated carbocycles. The van der Waals surface area contributed by atoms with Crippen LogP contribution in [0.2, 0.25) is 0 Å². The van der Waals surface area contributed by atoms with Crippen LogP contribution >= 0.6 is 12.2 Å². The maximum atomic E-state index is 12.7.